The summed E-state index contributed by atoms with van der Waals surface area (Å²) in [5, 5.41) is 2.81. The van der Waals surface area contributed by atoms with E-state index in [0.29, 0.717) is 11.3 Å². The second-order valence-electron chi connectivity index (χ2n) is 6.36. The summed E-state index contributed by atoms with van der Waals surface area (Å²) in [5.74, 6) is 1.64. The van der Waals surface area contributed by atoms with Gasteiger partial charge in [0.25, 0.3) is 5.91 Å². The van der Waals surface area contributed by atoms with Crippen LogP contribution in [-0.2, 0) is 4.79 Å². The van der Waals surface area contributed by atoms with E-state index >= 15 is 0 Å². The minimum atomic E-state index is -0.755. The molecule has 0 spiro atoms. The van der Waals surface area contributed by atoms with E-state index < -0.39 is 6.04 Å². The first-order valence-electron chi connectivity index (χ1n) is 8.65. The standard InChI is InChI=1S/C20H23N3O2S/c1-14-5-7-15(8-6-14)18(21)19(24)22-17-4-2-3-16(13-17)20(25)23-9-11-26-12-10-23/h2-8,13,18H,9-12,21H2,1H3,(H,22,24). The summed E-state index contributed by atoms with van der Waals surface area (Å²) in [6.45, 7) is 3.51. The average Bonchev–Trinajstić information content (AvgIpc) is 2.68. The maximum absolute atomic E-state index is 12.6. The lowest BCUT2D eigenvalue weighted by atomic mass is 10.1. The fraction of sp³-hybridized carbons (Fsp3) is 0.300. The fourth-order valence-electron chi connectivity index (χ4n) is 2.82. The second kappa shape index (κ2) is 8.38. The van der Waals surface area contributed by atoms with Crippen molar-refractivity contribution in [2.75, 3.05) is 29.9 Å². The van der Waals surface area contributed by atoms with E-state index in [1.165, 1.54) is 0 Å². The molecule has 0 bridgehead atoms. The van der Waals surface area contributed by atoms with Crippen molar-refractivity contribution in [3.05, 3.63) is 65.2 Å². The van der Waals surface area contributed by atoms with Crippen molar-refractivity contribution in [2.24, 2.45) is 5.73 Å². The molecule has 0 aromatic heterocycles. The van der Waals surface area contributed by atoms with Crippen LogP contribution in [0.2, 0.25) is 0 Å². The summed E-state index contributed by atoms with van der Waals surface area (Å²) in [4.78, 5) is 26.9. The number of hydrogen-bond donors (Lipinski definition) is 2. The molecule has 2 aromatic rings. The molecule has 0 radical (unpaired) electrons. The van der Waals surface area contributed by atoms with E-state index in [1.54, 1.807) is 24.3 Å². The molecule has 2 amide bonds. The van der Waals surface area contributed by atoms with Crippen LogP contribution < -0.4 is 11.1 Å². The van der Waals surface area contributed by atoms with Crippen LogP contribution in [-0.4, -0.2) is 41.3 Å². The predicted octanol–water partition coefficient (Wildman–Crippen LogP) is 2.82. The van der Waals surface area contributed by atoms with Gasteiger partial charge in [0.2, 0.25) is 5.91 Å². The highest BCUT2D eigenvalue weighted by Crippen LogP contribution is 2.18. The molecule has 5 nitrogen and oxygen atoms in total. The predicted molar refractivity (Wildman–Crippen MR) is 106 cm³/mol. The lowest BCUT2D eigenvalue weighted by Gasteiger charge is -2.26. The Morgan fingerprint density at radius 2 is 1.81 bits per heavy atom. The quantitative estimate of drug-likeness (QED) is 0.869. The van der Waals surface area contributed by atoms with E-state index in [0.717, 1.165) is 35.7 Å². The zero-order valence-corrected chi connectivity index (χ0v) is 15.6. The molecule has 2 aromatic carbocycles. The molecule has 3 N–H and O–H groups in total. The molecule has 136 valence electrons. The summed E-state index contributed by atoms with van der Waals surface area (Å²) in [5.41, 5.74) is 9.09. The van der Waals surface area contributed by atoms with Gasteiger partial charge in [-0.15, -0.1) is 0 Å². The maximum atomic E-state index is 12.6. The highest BCUT2D eigenvalue weighted by atomic mass is 32.2. The van der Waals surface area contributed by atoms with Gasteiger partial charge in [0.05, 0.1) is 0 Å². The minimum absolute atomic E-state index is 0.00392. The Bertz CT molecular complexity index is 786. The Hall–Kier alpha value is -2.31. The third kappa shape index (κ3) is 4.45. The normalized spacial score (nSPS) is 15.4. The Morgan fingerprint density at radius 1 is 1.12 bits per heavy atom. The summed E-state index contributed by atoms with van der Waals surface area (Å²) in [6, 6.07) is 13.8. The minimum Gasteiger partial charge on any atom is -0.337 e. The number of nitrogens with one attached hydrogen (secondary N) is 1. The van der Waals surface area contributed by atoms with Crippen molar-refractivity contribution in [1.29, 1.82) is 0 Å². The largest absolute Gasteiger partial charge is 0.337 e. The summed E-state index contributed by atoms with van der Waals surface area (Å²) >= 11 is 1.86. The average molecular weight is 369 g/mol. The molecule has 0 saturated carbocycles. The third-order valence-electron chi connectivity index (χ3n) is 4.39. The lowest BCUT2D eigenvalue weighted by molar-refractivity contribution is -0.117. The number of amides is 2. The fourth-order valence-corrected chi connectivity index (χ4v) is 3.73. The van der Waals surface area contributed by atoms with Gasteiger partial charge in [-0.3, -0.25) is 9.59 Å². The molecule has 3 rings (SSSR count). The number of anilines is 1. The number of nitrogens with two attached hydrogens (primary N) is 1. The Morgan fingerprint density at radius 3 is 2.50 bits per heavy atom. The first kappa shape index (κ1) is 18.5. The molecular weight excluding hydrogens is 346 g/mol. The van der Waals surface area contributed by atoms with Crippen molar-refractivity contribution >= 4 is 29.3 Å². The molecule has 6 heteroatoms. The Balaban J connectivity index is 1.68. The van der Waals surface area contributed by atoms with Crippen LogP contribution >= 0.6 is 11.8 Å². The van der Waals surface area contributed by atoms with Crippen molar-refractivity contribution < 1.29 is 9.59 Å². The van der Waals surface area contributed by atoms with Gasteiger partial charge in [-0.1, -0.05) is 35.9 Å². The zero-order chi connectivity index (χ0) is 18.5. The van der Waals surface area contributed by atoms with Gasteiger partial charge >= 0.3 is 0 Å². The second-order valence-corrected chi connectivity index (χ2v) is 7.59. The first-order valence-corrected chi connectivity index (χ1v) is 9.80. The van der Waals surface area contributed by atoms with Crippen LogP contribution in [0.25, 0.3) is 0 Å². The van der Waals surface area contributed by atoms with Crippen LogP contribution in [0.4, 0.5) is 5.69 Å². The van der Waals surface area contributed by atoms with Crippen molar-refractivity contribution in [3.8, 4) is 0 Å². The number of carbonyl (C=O) groups is 2. The molecule has 26 heavy (non-hydrogen) atoms. The van der Waals surface area contributed by atoms with E-state index in [-0.39, 0.29) is 11.8 Å². The van der Waals surface area contributed by atoms with Gasteiger partial charge in [-0.05, 0) is 30.7 Å². The van der Waals surface area contributed by atoms with Gasteiger partial charge < -0.3 is 16.0 Å². The molecular formula is C20H23N3O2S. The number of rotatable bonds is 4. The number of nitrogens with zero attached hydrogens (tertiary/aromatic N) is 1. The molecule has 1 saturated heterocycles. The molecule has 1 fully saturated rings. The van der Waals surface area contributed by atoms with Gasteiger partial charge in [0, 0.05) is 35.8 Å². The number of hydrogen-bond acceptors (Lipinski definition) is 4. The molecule has 1 aliphatic heterocycles. The third-order valence-corrected chi connectivity index (χ3v) is 5.34. The molecule has 1 aliphatic rings. The zero-order valence-electron chi connectivity index (χ0n) is 14.8. The summed E-state index contributed by atoms with van der Waals surface area (Å²) in [7, 11) is 0. The van der Waals surface area contributed by atoms with Crippen molar-refractivity contribution in [3.63, 3.8) is 0 Å². The Labute approximate surface area is 157 Å². The van der Waals surface area contributed by atoms with Gasteiger partial charge in [-0.2, -0.15) is 11.8 Å². The maximum Gasteiger partial charge on any atom is 0.253 e. The van der Waals surface area contributed by atoms with Crippen LogP contribution in [0.5, 0.6) is 0 Å². The van der Waals surface area contributed by atoms with Crippen LogP contribution in [0.15, 0.2) is 48.5 Å². The van der Waals surface area contributed by atoms with Crippen LogP contribution in [0, 0.1) is 6.92 Å². The van der Waals surface area contributed by atoms with Gasteiger partial charge in [-0.25, -0.2) is 0 Å². The number of carbonyl (C=O) groups excluding carboxylic acids is 2. The van der Waals surface area contributed by atoms with Gasteiger partial charge in [0.1, 0.15) is 6.04 Å². The highest BCUT2D eigenvalue weighted by Gasteiger charge is 2.20. The molecule has 1 heterocycles. The van der Waals surface area contributed by atoms with Crippen molar-refractivity contribution in [2.45, 2.75) is 13.0 Å². The van der Waals surface area contributed by atoms with E-state index in [2.05, 4.69) is 5.32 Å². The van der Waals surface area contributed by atoms with Crippen LogP contribution in [0.3, 0.4) is 0 Å². The number of benzene rings is 2. The molecule has 0 aliphatic carbocycles. The van der Waals surface area contributed by atoms with Crippen molar-refractivity contribution in [1.82, 2.24) is 4.90 Å². The Kier molecular flexibility index (Phi) is 5.96. The smallest absolute Gasteiger partial charge is 0.253 e. The highest BCUT2D eigenvalue weighted by molar-refractivity contribution is 7.99. The summed E-state index contributed by atoms with van der Waals surface area (Å²) in [6.07, 6.45) is 0. The number of aryl methyl sites for hydroxylation is 1. The first-order chi connectivity index (χ1) is 12.5. The van der Waals surface area contributed by atoms with E-state index in [9.17, 15) is 9.59 Å². The topological polar surface area (TPSA) is 75.4 Å². The molecule has 1 atom stereocenters. The summed E-state index contributed by atoms with van der Waals surface area (Å²) < 4.78 is 0. The van der Waals surface area contributed by atoms with E-state index in [1.807, 2.05) is 47.9 Å². The monoisotopic (exact) mass is 369 g/mol. The van der Waals surface area contributed by atoms with Crippen LogP contribution in [0.1, 0.15) is 27.5 Å². The number of thioether (sulfide) groups is 1. The van der Waals surface area contributed by atoms with E-state index in [4.69, 9.17) is 5.73 Å². The molecule has 1 unspecified atom stereocenters. The van der Waals surface area contributed by atoms with Gasteiger partial charge in [0.15, 0.2) is 0 Å². The SMILES string of the molecule is Cc1ccc(C(N)C(=O)Nc2cccc(C(=O)N3CCSCC3)c2)cc1. The lowest BCUT2D eigenvalue weighted by Crippen LogP contribution is -2.37.